The van der Waals surface area contributed by atoms with Crippen LogP contribution in [-0.4, -0.2) is 131 Å². The zero-order valence-electron chi connectivity index (χ0n) is 32.8. The first-order valence-electron chi connectivity index (χ1n) is 18.9. The molecule has 59 heavy (non-hydrogen) atoms. The molecule has 2 aromatic rings. The van der Waals surface area contributed by atoms with Crippen LogP contribution in [0.25, 0.3) is 0 Å². The van der Waals surface area contributed by atoms with Crippen LogP contribution in [-0.2, 0) is 47.0 Å². The molecule has 4 aliphatic heterocycles. The quantitative estimate of drug-likeness (QED) is 0.191. The van der Waals surface area contributed by atoms with E-state index >= 15 is 0 Å². The van der Waals surface area contributed by atoms with Gasteiger partial charge in [-0.3, -0.25) is 9.59 Å². The van der Waals surface area contributed by atoms with Crippen molar-refractivity contribution < 1.29 is 86.3 Å². The minimum absolute atomic E-state index is 0.0933. The maximum atomic E-state index is 12.6. The minimum atomic E-state index is -4.64. The molecule has 2 aromatic carbocycles. The summed E-state index contributed by atoms with van der Waals surface area (Å²) in [5.41, 5.74) is 5.15. The summed E-state index contributed by atoms with van der Waals surface area (Å²) in [5, 5.41) is 0. The maximum absolute atomic E-state index is 12.6. The van der Waals surface area contributed by atoms with E-state index in [1.807, 2.05) is 12.1 Å². The van der Waals surface area contributed by atoms with Crippen LogP contribution < -0.4 is 18.9 Å². The van der Waals surface area contributed by atoms with E-state index in [9.17, 15) is 9.59 Å². The Labute approximate surface area is 339 Å². The predicted octanol–water partition coefficient (Wildman–Crippen LogP) is 1.08. The van der Waals surface area contributed by atoms with E-state index in [1.165, 1.54) is 22.3 Å². The average molecular weight is 893 g/mol. The number of piperidine rings is 2. The Morgan fingerprint density at radius 1 is 0.610 bits per heavy atom. The number of carbonyl (C=O) groups excluding carboxylic acids is 2. The molecule has 4 bridgehead atoms. The number of carbonyl (C=O) groups is 2. The van der Waals surface area contributed by atoms with Gasteiger partial charge in [0.25, 0.3) is 0 Å². The largest absolute Gasteiger partial charge is 0.493 e. The van der Waals surface area contributed by atoms with Crippen molar-refractivity contribution in [1.29, 1.82) is 0 Å². The first-order valence-corrected chi connectivity index (χ1v) is 23.6. The van der Waals surface area contributed by atoms with Crippen LogP contribution in [0.2, 0.25) is 0 Å². The topological polar surface area (TPSA) is 311 Å². The third-order valence-electron chi connectivity index (χ3n) is 13.2. The summed E-state index contributed by atoms with van der Waals surface area (Å²) >= 11 is 0. The Kier molecular flexibility index (Phi) is 12.8. The number of likely N-dealkylation sites (tertiary alicyclic amines) is 2. The highest BCUT2D eigenvalue weighted by atomic mass is 31.2. The van der Waals surface area contributed by atoms with Gasteiger partial charge < -0.3 is 72.8 Å². The van der Waals surface area contributed by atoms with E-state index in [0.717, 1.165) is 74.6 Å². The highest BCUT2D eigenvalue weighted by Gasteiger charge is 2.67. The van der Waals surface area contributed by atoms with Crippen LogP contribution in [0.4, 0.5) is 0 Å². The molecule has 23 heteroatoms. The van der Waals surface area contributed by atoms with Gasteiger partial charge in [0.15, 0.2) is 46.8 Å². The summed E-state index contributed by atoms with van der Waals surface area (Å²) in [6.45, 7) is 2.09. The number of ketones is 2. The van der Waals surface area contributed by atoms with Gasteiger partial charge in [0.2, 0.25) is 0 Å². The van der Waals surface area contributed by atoms with Gasteiger partial charge in [0.1, 0.15) is 0 Å². The molecule has 2 saturated carbocycles. The number of rotatable bonds is 2. The van der Waals surface area contributed by atoms with E-state index in [-0.39, 0.29) is 34.6 Å². The van der Waals surface area contributed by atoms with Crippen LogP contribution >= 0.6 is 23.5 Å². The van der Waals surface area contributed by atoms with Gasteiger partial charge in [-0.25, -0.2) is 13.7 Å². The molecule has 4 aliphatic carbocycles. The van der Waals surface area contributed by atoms with E-state index < -0.39 is 23.5 Å². The third-order valence-corrected chi connectivity index (χ3v) is 13.2. The van der Waals surface area contributed by atoms with Gasteiger partial charge in [-0.2, -0.15) is 0 Å². The molecule has 0 aromatic heterocycles. The summed E-state index contributed by atoms with van der Waals surface area (Å²) in [7, 11) is -6.09. The highest BCUT2D eigenvalue weighted by molar-refractivity contribution is 7.45. The molecule has 0 unspecified atom stereocenters. The van der Waals surface area contributed by atoms with Crippen LogP contribution in [0.15, 0.2) is 24.3 Å². The standard InChI is InChI=1S/2C18H21NO3.3H3O4P/c2*1-19-8-7-18-11-4-5-13(20)17(18)22-16-14(21-2)6-3-10(15(16)18)9-12(11)19;3*1-5(2,3)4/h2*3,6,11-12,17H,4-5,7-9H2,1-2H3;3*(H3,1,2,3,4)/t2*11-,12+,17-,18-;;;/m00.../s1. The Balaban J connectivity index is 0.000000149. The predicted molar refractivity (Wildman–Crippen MR) is 206 cm³/mol. The summed E-state index contributed by atoms with van der Waals surface area (Å²) in [5.74, 6) is 4.92. The Bertz CT molecular complexity index is 1930. The number of methoxy groups -OCH3 is 2. The number of ether oxygens (including phenoxy) is 4. The molecule has 0 amide bonds. The molecule has 0 radical (unpaired) electrons. The smallest absolute Gasteiger partial charge is 0.466 e. The zero-order chi connectivity index (χ0) is 43.6. The Morgan fingerprint density at radius 3 is 1.24 bits per heavy atom. The zero-order valence-corrected chi connectivity index (χ0v) is 35.5. The molecular formula is C36H51N2O18P3. The van der Waals surface area contributed by atoms with Gasteiger partial charge in [-0.1, -0.05) is 12.1 Å². The normalized spacial score (nSPS) is 31.7. The molecule has 2 saturated heterocycles. The van der Waals surface area contributed by atoms with E-state index in [0.29, 0.717) is 36.8 Å². The third kappa shape index (κ3) is 8.82. The fourth-order valence-electron chi connectivity index (χ4n) is 11.3. The van der Waals surface area contributed by atoms with Crippen molar-refractivity contribution in [2.24, 2.45) is 11.8 Å². The second-order valence-electron chi connectivity index (χ2n) is 16.1. The van der Waals surface area contributed by atoms with Crippen LogP contribution in [0.5, 0.6) is 23.0 Å². The Hall–Kier alpha value is -2.77. The van der Waals surface area contributed by atoms with Crippen molar-refractivity contribution in [3.05, 3.63) is 46.5 Å². The second kappa shape index (κ2) is 16.5. The molecule has 10 rings (SSSR count). The number of benzene rings is 2. The number of likely N-dealkylation sites (N-methyl/N-ethyl adjacent to an activating group) is 2. The summed E-state index contributed by atoms with van der Waals surface area (Å²) in [4.78, 5) is 94.9. The monoisotopic (exact) mass is 892 g/mol. The van der Waals surface area contributed by atoms with Crippen molar-refractivity contribution in [2.45, 2.75) is 86.5 Å². The molecule has 2 spiro atoms. The first-order chi connectivity index (χ1) is 27.3. The molecule has 20 nitrogen and oxygen atoms in total. The fourth-order valence-corrected chi connectivity index (χ4v) is 11.3. The highest BCUT2D eigenvalue weighted by Crippen LogP contribution is 2.64. The average Bonchev–Trinajstić information content (AvgIpc) is 3.66. The molecule has 4 fully saturated rings. The Morgan fingerprint density at radius 2 is 0.932 bits per heavy atom. The molecule has 9 N–H and O–H groups in total. The van der Waals surface area contributed by atoms with E-state index in [2.05, 4.69) is 36.0 Å². The van der Waals surface area contributed by atoms with Gasteiger partial charge in [0.05, 0.1) is 14.2 Å². The van der Waals surface area contributed by atoms with E-state index in [4.69, 9.17) is 76.7 Å². The summed E-state index contributed by atoms with van der Waals surface area (Å²) < 4.78 is 50.2. The lowest BCUT2D eigenvalue weighted by atomic mass is 9.52. The summed E-state index contributed by atoms with van der Waals surface area (Å²) in [6.07, 6.45) is 6.94. The molecule has 328 valence electrons. The van der Waals surface area contributed by atoms with Crippen molar-refractivity contribution in [3.63, 3.8) is 0 Å². The number of phosphoric acid groups is 3. The van der Waals surface area contributed by atoms with Gasteiger partial charge >= 0.3 is 23.5 Å². The fraction of sp³-hybridized carbons (Fsp3) is 0.611. The van der Waals surface area contributed by atoms with E-state index in [1.54, 1.807) is 14.2 Å². The lowest BCUT2D eigenvalue weighted by Gasteiger charge is -2.57. The number of Topliss-reactive ketones (excluding diaryl/α,β-unsaturated/α-hetero) is 2. The molecule has 8 atom stereocenters. The van der Waals surface area contributed by atoms with Crippen molar-refractivity contribution in [1.82, 2.24) is 9.80 Å². The van der Waals surface area contributed by atoms with Crippen molar-refractivity contribution in [2.75, 3.05) is 41.4 Å². The van der Waals surface area contributed by atoms with Gasteiger partial charge in [0, 0.05) is 46.9 Å². The van der Waals surface area contributed by atoms with Crippen LogP contribution in [0, 0.1) is 11.8 Å². The molecule has 4 heterocycles. The molecular weight excluding hydrogens is 841 g/mol. The number of hydrogen-bond donors (Lipinski definition) is 9. The SMILES string of the molecule is COc1ccc2c3c1O[C@H]1C(=O)CC[C@H]4[C@@H](C2)N(C)CC[C@]314.COc1ccc2c3c1O[C@H]1C(=O)CC[C@H]4[C@@H](C2)N(C)CC[C@]314.O=P(O)(O)O.O=P(O)(O)O.O=P(O)(O)O. The number of nitrogens with zero attached hydrogens (tertiary/aromatic N) is 2. The lowest BCUT2D eigenvalue weighted by molar-refractivity contribution is -0.138. The lowest BCUT2D eigenvalue weighted by Crippen LogP contribution is -2.65. The van der Waals surface area contributed by atoms with Crippen LogP contribution in [0.1, 0.15) is 60.8 Å². The molecule has 8 aliphatic rings. The first kappa shape index (κ1) is 45.7. The maximum Gasteiger partial charge on any atom is 0.466 e. The van der Waals surface area contributed by atoms with Gasteiger partial charge in [-0.15, -0.1) is 0 Å². The van der Waals surface area contributed by atoms with Crippen LogP contribution in [0.3, 0.4) is 0 Å². The van der Waals surface area contributed by atoms with Crippen molar-refractivity contribution >= 4 is 35.0 Å². The number of hydrogen-bond acceptors (Lipinski definition) is 11. The second-order valence-corrected chi connectivity index (χ2v) is 19.2. The van der Waals surface area contributed by atoms with Gasteiger partial charge in [-0.05, 0) is 101 Å². The minimum Gasteiger partial charge on any atom is -0.493 e. The van der Waals surface area contributed by atoms with Crippen molar-refractivity contribution in [3.8, 4) is 23.0 Å². The summed E-state index contributed by atoms with van der Waals surface area (Å²) in [6, 6.07) is 9.46.